The maximum absolute atomic E-state index is 5.96. The lowest BCUT2D eigenvalue weighted by Gasteiger charge is -2.29. The Balaban J connectivity index is 2.50. The molecule has 0 aliphatic heterocycles. The third kappa shape index (κ3) is 5.81. The van der Waals surface area contributed by atoms with E-state index in [1.807, 2.05) is 6.92 Å². The van der Waals surface area contributed by atoms with Crippen LogP contribution >= 0.6 is 0 Å². The van der Waals surface area contributed by atoms with Crippen molar-refractivity contribution in [3.8, 4) is 0 Å². The van der Waals surface area contributed by atoms with Crippen LogP contribution in [0.3, 0.4) is 0 Å². The van der Waals surface area contributed by atoms with E-state index in [9.17, 15) is 0 Å². The van der Waals surface area contributed by atoms with Gasteiger partial charge in [0.25, 0.3) is 0 Å². The van der Waals surface area contributed by atoms with Gasteiger partial charge in [-0.3, -0.25) is 4.99 Å². The van der Waals surface area contributed by atoms with Gasteiger partial charge < -0.3 is 15.8 Å². The maximum atomic E-state index is 5.96. The number of rotatable bonds is 7. The molecular formula is C15H31N3O. The second-order valence-corrected chi connectivity index (χ2v) is 6.51. The van der Waals surface area contributed by atoms with E-state index in [0.29, 0.717) is 18.0 Å². The van der Waals surface area contributed by atoms with E-state index >= 15 is 0 Å². The molecule has 1 unspecified atom stereocenters. The highest BCUT2D eigenvalue weighted by atomic mass is 16.5. The maximum Gasteiger partial charge on any atom is 0.188 e. The number of hydrogen-bond acceptors (Lipinski definition) is 2. The van der Waals surface area contributed by atoms with E-state index in [0.717, 1.165) is 12.5 Å². The Morgan fingerprint density at radius 2 is 1.95 bits per heavy atom. The predicted molar refractivity (Wildman–Crippen MR) is 81.3 cm³/mol. The van der Waals surface area contributed by atoms with Crippen LogP contribution in [0, 0.1) is 11.3 Å². The molecule has 112 valence electrons. The van der Waals surface area contributed by atoms with Gasteiger partial charge in [0.05, 0.1) is 6.61 Å². The van der Waals surface area contributed by atoms with Gasteiger partial charge in [-0.2, -0.15) is 0 Å². The Morgan fingerprint density at radius 1 is 1.32 bits per heavy atom. The molecule has 1 aliphatic carbocycles. The average molecular weight is 269 g/mol. The second kappa shape index (κ2) is 7.73. The van der Waals surface area contributed by atoms with E-state index in [4.69, 9.17) is 10.5 Å². The molecule has 0 saturated heterocycles. The summed E-state index contributed by atoms with van der Waals surface area (Å²) in [6, 6.07) is 0.207. The molecule has 4 heteroatoms. The highest BCUT2D eigenvalue weighted by Crippen LogP contribution is 2.43. The molecule has 0 aromatic rings. The zero-order valence-electron chi connectivity index (χ0n) is 13.0. The largest absolute Gasteiger partial charge is 0.383 e. The minimum absolute atomic E-state index is 0.207. The molecule has 3 N–H and O–H groups in total. The van der Waals surface area contributed by atoms with Crippen molar-refractivity contribution in [2.45, 2.75) is 58.9 Å². The molecule has 1 fully saturated rings. The molecule has 0 bridgehead atoms. The van der Waals surface area contributed by atoms with Crippen molar-refractivity contribution in [3.63, 3.8) is 0 Å². The van der Waals surface area contributed by atoms with Crippen molar-refractivity contribution in [1.82, 2.24) is 5.32 Å². The summed E-state index contributed by atoms with van der Waals surface area (Å²) in [7, 11) is 1.70. The summed E-state index contributed by atoms with van der Waals surface area (Å²) in [4.78, 5) is 4.58. The fourth-order valence-electron chi connectivity index (χ4n) is 3.26. The van der Waals surface area contributed by atoms with Gasteiger partial charge in [-0.25, -0.2) is 0 Å². The van der Waals surface area contributed by atoms with Crippen LogP contribution < -0.4 is 11.1 Å². The van der Waals surface area contributed by atoms with Crippen LogP contribution in [-0.2, 0) is 4.74 Å². The van der Waals surface area contributed by atoms with Crippen molar-refractivity contribution in [3.05, 3.63) is 0 Å². The van der Waals surface area contributed by atoms with Gasteiger partial charge in [-0.05, 0) is 37.5 Å². The summed E-state index contributed by atoms with van der Waals surface area (Å²) in [6.45, 7) is 8.15. The molecule has 0 aromatic heterocycles. The smallest absolute Gasteiger partial charge is 0.188 e. The standard InChI is InChI=1S/C15H31N3O/c1-12(2)9-15(7-5-6-8-15)11-17-14(16)18-13(3)10-19-4/h12-13H,5-11H2,1-4H3,(H3,16,17,18). The highest BCUT2D eigenvalue weighted by molar-refractivity contribution is 5.78. The van der Waals surface area contributed by atoms with Crippen LogP contribution in [0.2, 0.25) is 0 Å². The van der Waals surface area contributed by atoms with Crippen LogP contribution in [0.5, 0.6) is 0 Å². The minimum atomic E-state index is 0.207. The third-order valence-electron chi connectivity index (χ3n) is 3.90. The van der Waals surface area contributed by atoms with Gasteiger partial charge in [-0.15, -0.1) is 0 Å². The summed E-state index contributed by atoms with van der Waals surface area (Å²) in [6.07, 6.45) is 6.55. The van der Waals surface area contributed by atoms with Crippen molar-refractivity contribution in [2.75, 3.05) is 20.3 Å². The first-order chi connectivity index (χ1) is 8.97. The summed E-state index contributed by atoms with van der Waals surface area (Å²) in [5, 5.41) is 3.18. The fraction of sp³-hybridized carbons (Fsp3) is 0.933. The lowest BCUT2D eigenvalue weighted by molar-refractivity contribution is 0.179. The number of ether oxygens (including phenoxy) is 1. The third-order valence-corrected chi connectivity index (χ3v) is 3.90. The van der Waals surface area contributed by atoms with Crippen molar-refractivity contribution in [1.29, 1.82) is 0 Å². The summed E-state index contributed by atoms with van der Waals surface area (Å²) < 4.78 is 5.08. The Kier molecular flexibility index (Phi) is 6.63. The molecule has 19 heavy (non-hydrogen) atoms. The topological polar surface area (TPSA) is 59.6 Å². The van der Waals surface area contributed by atoms with Gasteiger partial charge in [0.15, 0.2) is 5.96 Å². The lowest BCUT2D eigenvalue weighted by Crippen LogP contribution is -2.41. The molecule has 4 nitrogen and oxygen atoms in total. The molecule has 1 rings (SSSR count). The average Bonchev–Trinajstić information content (AvgIpc) is 2.75. The molecule has 0 radical (unpaired) electrons. The monoisotopic (exact) mass is 269 g/mol. The Morgan fingerprint density at radius 3 is 2.47 bits per heavy atom. The Labute approximate surface area is 118 Å². The normalized spacial score (nSPS) is 20.8. The summed E-state index contributed by atoms with van der Waals surface area (Å²) in [5.41, 5.74) is 6.35. The molecule has 1 atom stereocenters. The predicted octanol–water partition coefficient (Wildman–Crippen LogP) is 2.53. The van der Waals surface area contributed by atoms with Crippen molar-refractivity contribution < 1.29 is 4.74 Å². The number of hydrogen-bond donors (Lipinski definition) is 2. The number of nitrogens with two attached hydrogens (primary N) is 1. The SMILES string of the molecule is COCC(C)NC(N)=NCC1(CC(C)C)CCCC1. The number of nitrogens with one attached hydrogen (secondary N) is 1. The first-order valence-corrected chi connectivity index (χ1v) is 7.53. The number of methoxy groups -OCH3 is 1. The van der Waals surface area contributed by atoms with Gasteiger partial charge in [-0.1, -0.05) is 26.7 Å². The fourth-order valence-corrected chi connectivity index (χ4v) is 3.26. The Hall–Kier alpha value is -0.770. The van der Waals surface area contributed by atoms with Crippen molar-refractivity contribution >= 4 is 5.96 Å². The highest BCUT2D eigenvalue weighted by Gasteiger charge is 2.34. The molecule has 1 aliphatic rings. The van der Waals surface area contributed by atoms with Gasteiger partial charge in [0.1, 0.15) is 0 Å². The van der Waals surface area contributed by atoms with Gasteiger partial charge in [0.2, 0.25) is 0 Å². The first-order valence-electron chi connectivity index (χ1n) is 7.53. The molecule has 0 spiro atoms. The second-order valence-electron chi connectivity index (χ2n) is 6.51. The van der Waals surface area contributed by atoms with E-state index < -0.39 is 0 Å². The molecular weight excluding hydrogens is 238 g/mol. The van der Waals surface area contributed by atoms with Crippen LogP contribution in [0.1, 0.15) is 52.9 Å². The first kappa shape index (κ1) is 16.3. The number of aliphatic imine (C=N–C) groups is 1. The van der Waals surface area contributed by atoms with E-state index in [1.54, 1.807) is 7.11 Å². The minimum Gasteiger partial charge on any atom is -0.383 e. The quantitative estimate of drug-likeness (QED) is 0.551. The van der Waals surface area contributed by atoms with Gasteiger partial charge >= 0.3 is 0 Å². The van der Waals surface area contributed by atoms with E-state index in [2.05, 4.69) is 24.2 Å². The lowest BCUT2D eigenvalue weighted by atomic mass is 9.78. The molecule has 1 saturated carbocycles. The summed E-state index contributed by atoms with van der Waals surface area (Å²) in [5.74, 6) is 1.29. The van der Waals surface area contributed by atoms with Crippen LogP contribution in [0.25, 0.3) is 0 Å². The van der Waals surface area contributed by atoms with Gasteiger partial charge in [0, 0.05) is 19.7 Å². The molecule has 0 aromatic carbocycles. The zero-order chi connectivity index (χ0) is 14.3. The number of guanidine groups is 1. The molecule has 0 amide bonds. The van der Waals surface area contributed by atoms with E-state index in [-0.39, 0.29) is 6.04 Å². The summed E-state index contributed by atoms with van der Waals surface area (Å²) >= 11 is 0. The van der Waals surface area contributed by atoms with Crippen LogP contribution in [0.4, 0.5) is 0 Å². The van der Waals surface area contributed by atoms with Crippen molar-refractivity contribution in [2.24, 2.45) is 22.1 Å². The number of nitrogens with zero attached hydrogens (tertiary/aromatic N) is 1. The van der Waals surface area contributed by atoms with Crippen LogP contribution in [0.15, 0.2) is 4.99 Å². The Bertz CT molecular complexity index is 283. The molecule has 0 heterocycles. The van der Waals surface area contributed by atoms with E-state index in [1.165, 1.54) is 32.1 Å². The van der Waals surface area contributed by atoms with Crippen LogP contribution in [-0.4, -0.2) is 32.3 Å². The zero-order valence-corrected chi connectivity index (χ0v) is 13.0.